The molecule has 1 rings (SSSR count). The first-order valence-corrected chi connectivity index (χ1v) is 3.63. The van der Waals surface area contributed by atoms with Crippen molar-refractivity contribution in [1.29, 1.82) is 5.41 Å². The number of nitrogens with two attached hydrogens (primary N) is 1. The van der Waals surface area contributed by atoms with E-state index in [2.05, 4.69) is 0 Å². The molecule has 3 N–H and O–H groups in total. The maximum atomic E-state index is 7.07. The summed E-state index contributed by atoms with van der Waals surface area (Å²) in [7, 11) is 1.60. The molecule has 1 aromatic carbocycles. The van der Waals surface area contributed by atoms with Crippen molar-refractivity contribution < 1.29 is 4.74 Å². The van der Waals surface area contributed by atoms with E-state index in [9.17, 15) is 0 Å². The first-order chi connectivity index (χ1) is 5.69. The zero-order valence-electron chi connectivity index (χ0n) is 7.22. The van der Waals surface area contributed by atoms with Gasteiger partial charge in [0.05, 0.1) is 7.11 Å². The van der Waals surface area contributed by atoms with Crippen LogP contribution >= 0.6 is 0 Å². The van der Waals surface area contributed by atoms with Crippen LogP contribution in [0.25, 0.3) is 0 Å². The molecule has 1 aromatic rings. The van der Waals surface area contributed by atoms with Crippen LogP contribution in [0.15, 0.2) is 12.1 Å². The van der Waals surface area contributed by atoms with E-state index in [1.165, 1.54) is 6.21 Å². The molecule has 0 bridgehead atoms. The number of ether oxygens (including phenoxy) is 1. The number of benzene rings is 1. The minimum atomic E-state index is 0.614. The van der Waals surface area contributed by atoms with Gasteiger partial charge in [0.15, 0.2) is 0 Å². The van der Waals surface area contributed by atoms with Crippen molar-refractivity contribution in [2.24, 2.45) is 0 Å². The molecule has 0 aliphatic carbocycles. The van der Waals surface area contributed by atoms with E-state index in [0.717, 1.165) is 11.3 Å². The molecule has 0 fully saturated rings. The predicted octanol–water partition coefficient (Wildman–Crippen LogP) is 1.58. The van der Waals surface area contributed by atoms with Gasteiger partial charge < -0.3 is 15.9 Å². The largest absolute Gasteiger partial charge is 0.496 e. The molecule has 12 heavy (non-hydrogen) atoms. The Morgan fingerprint density at radius 1 is 1.50 bits per heavy atom. The average Bonchev–Trinajstić information content (AvgIpc) is 2.05. The minimum absolute atomic E-state index is 0.614. The highest BCUT2D eigenvalue weighted by molar-refractivity contribution is 5.86. The van der Waals surface area contributed by atoms with Crippen LogP contribution in [-0.2, 0) is 0 Å². The van der Waals surface area contributed by atoms with Crippen LogP contribution < -0.4 is 10.5 Å². The molecule has 3 nitrogen and oxygen atoms in total. The van der Waals surface area contributed by atoms with E-state index in [1.807, 2.05) is 6.92 Å². The second-order valence-electron chi connectivity index (χ2n) is 2.60. The van der Waals surface area contributed by atoms with Crippen molar-refractivity contribution in [2.45, 2.75) is 6.92 Å². The zero-order chi connectivity index (χ0) is 9.14. The van der Waals surface area contributed by atoms with Crippen molar-refractivity contribution in [3.05, 3.63) is 23.3 Å². The number of rotatable bonds is 2. The molecule has 3 heteroatoms. The summed E-state index contributed by atoms with van der Waals surface area (Å²) in [6.07, 6.45) is 1.22. The quantitative estimate of drug-likeness (QED) is 0.515. The Bertz CT molecular complexity index is 308. The van der Waals surface area contributed by atoms with Crippen LogP contribution in [0.5, 0.6) is 5.75 Å². The molecule has 0 unspecified atom stereocenters. The molecule has 0 heterocycles. The van der Waals surface area contributed by atoms with Gasteiger partial charge in [0.1, 0.15) is 5.75 Å². The van der Waals surface area contributed by atoms with Crippen molar-refractivity contribution in [1.82, 2.24) is 0 Å². The zero-order valence-corrected chi connectivity index (χ0v) is 7.22. The lowest BCUT2D eigenvalue weighted by molar-refractivity contribution is 0.411. The molecule has 0 amide bonds. The Morgan fingerprint density at radius 3 is 2.67 bits per heavy atom. The third kappa shape index (κ3) is 1.39. The second-order valence-corrected chi connectivity index (χ2v) is 2.60. The minimum Gasteiger partial charge on any atom is -0.496 e. The summed E-state index contributed by atoms with van der Waals surface area (Å²) < 4.78 is 5.08. The molecule has 64 valence electrons. The van der Waals surface area contributed by atoms with Gasteiger partial charge in [-0.15, -0.1) is 0 Å². The van der Waals surface area contributed by atoms with Gasteiger partial charge in [0.25, 0.3) is 0 Å². The maximum Gasteiger partial charge on any atom is 0.122 e. The second kappa shape index (κ2) is 3.26. The third-order valence-corrected chi connectivity index (χ3v) is 1.76. The molecule has 0 aliphatic rings. The SMILES string of the molecule is COc1cc(C=N)c(N)cc1C. The van der Waals surface area contributed by atoms with Gasteiger partial charge in [-0.05, 0) is 24.6 Å². The summed E-state index contributed by atoms with van der Waals surface area (Å²) in [6, 6.07) is 3.57. The fraction of sp³-hybridized carbons (Fsp3) is 0.222. The summed E-state index contributed by atoms with van der Waals surface area (Å²) in [6.45, 7) is 1.92. The molecule has 0 saturated heterocycles. The monoisotopic (exact) mass is 164 g/mol. The van der Waals surface area contributed by atoms with Gasteiger partial charge in [-0.3, -0.25) is 0 Å². The van der Waals surface area contributed by atoms with Crippen molar-refractivity contribution in [3.63, 3.8) is 0 Å². The predicted molar refractivity (Wildman–Crippen MR) is 50.0 cm³/mol. The number of methoxy groups -OCH3 is 1. The van der Waals surface area contributed by atoms with Crippen molar-refractivity contribution >= 4 is 11.9 Å². The number of hydrogen-bond acceptors (Lipinski definition) is 3. The Labute approximate surface area is 71.7 Å². The lowest BCUT2D eigenvalue weighted by atomic mass is 10.1. The maximum absolute atomic E-state index is 7.07. The van der Waals surface area contributed by atoms with Gasteiger partial charge >= 0.3 is 0 Å². The van der Waals surface area contributed by atoms with E-state index in [-0.39, 0.29) is 0 Å². The van der Waals surface area contributed by atoms with Crippen molar-refractivity contribution in [2.75, 3.05) is 12.8 Å². The van der Waals surface area contributed by atoms with Crippen LogP contribution in [0.2, 0.25) is 0 Å². The van der Waals surface area contributed by atoms with E-state index < -0.39 is 0 Å². The van der Waals surface area contributed by atoms with Crippen LogP contribution in [0, 0.1) is 12.3 Å². The summed E-state index contributed by atoms with van der Waals surface area (Å²) >= 11 is 0. The van der Waals surface area contributed by atoms with Crippen molar-refractivity contribution in [3.8, 4) is 5.75 Å². The van der Waals surface area contributed by atoms with Gasteiger partial charge in [-0.1, -0.05) is 0 Å². The van der Waals surface area contributed by atoms with E-state index in [4.69, 9.17) is 15.9 Å². The Kier molecular flexibility index (Phi) is 2.33. The van der Waals surface area contributed by atoms with Gasteiger partial charge in [0, 0.05) is 17.5 Å². The summed E-state index contributed by atoms with van der Waals surface area (Å²) in [5.74, 6) is 0.766. The smallest absolute Gasteiger partial charge is 0.122 e. The average molecular weight is 164 g/mol. The molecule has 0 aliphatic heterocycles. The lowest BCUT2D eigenvalue weighted by Gasteiger charge is -2.07. The number of nitrogen functional groups attached to an aromatic ring is 1. The molecular weight excluding hydrogens is 152 g/mol. The first kappa shape index (κ1) is 8.59. The third-order valence-electron chi connectivity index (χ3n) is 1.76. The highest BCUT2D eigenvalue weighted by Crippen LogP contribution is 2.22. The van der Waals surface area contributed by atoms with Crippen LogP contribution in [0.4, 0.5) is 5.69 Å². The molecular formula is C9H12N2O. The summed E-state index contributed by atoms with van der Waals surface area (Å²) in [5.41, 5.74) is 7.94. The van der Waals surface area contributed by atoms with Gasteiger partial charge in [-0.2, -0.15) is 0 Å². The molecule has 0 atom stereocenters. The Hall–Kier alpha value is -1.51. The molecule has 0 spiro atoms. The summed E-state index contributed by atoms with van der Waals surface area (Å²) in [5, 5.41) is 7.07. The topological polar surface area (TPSA) is 59.1 Å². The number of aryl methyl sites for hydroxylation is 1. The fourth-order valence-corrected chi connectivity index (χ4v) is 1.07. The first-order valence-electron chi connectivity index (χ1n) is 3.63. The molecule has 0 radical (unpaired) electrons. The lowest BCUT2D eigenvalue weighted by Crippen LogP contribution is -1.96. The Balaban J connectivity index is 3.26. The number of anilines is 1. The van der Waals surface area contributed by atoms with E-state index >= 15 is 0 Å². The summed E-state index contributed by atoms with van der Waals surface area (Å²) in [4.78, 5) is 0. The van der Waals surface area contributed by atoms with E-state index in [0.29, 0.717) is 11.3 Å². The van der Waals surface area contributed by atoms with Crippen LogP contribution in [0.1, 0.15) is 11.1 Å². The van der Waals surface area contributed by atoms with Crippen LogP contribution in [0.3, 0.4) is 0 Å². The van der Waals surface area contributed by atoms with Gasteiger partial charge in [-0.25, -0.2) is 0 Å². The van der Waals surface area contributed by atoms with Crippen LogP contribution in [-0.4, -0.2) is 13.3 Å². The molecule has 0 aromatic heterocycles. The highest BCUT2D eigenvalue weighted by atomic mass is 16.5. The molecule has 0 saturated carbocycles. The number of nitrogens with one attached hydrogen (secondary N) is 1. The number of hydrogen-bond donors (Lipinski definition) is 2. The highest BCUT2D eigenvalue weighted by Gasteiger charge is 2.02. The van der Waals surface area contributed by atoms with E-state index in [1.54, 1.807) is 19.2 Å². The standard InChI is InChI=1S/C9H12N2O/c1-6-3-8(11)7(5-10)4-9(6)12-2/h3-5,10H,11H2,1-2H3. The fourth-order valence-electron chi connectivity index (χ4n) is 1.07. The Morgan fingerprint density at radius 2 is 2.17 bits per heavy atom. The van der Waals surface area contributed by atoms with Gasteiger partial charge in [0.2, 0.25) is 0 Å². The normalized spacial score (nSPS) is 9.50.